The summed E-state index contributed by atoms with van der Waals surface area (Å²) in [5.41, 5.74) is 0.512. The van der Waals surface area contributed by atoms with Crippen molar-refractivity contribution >= 4 is 0 Å². The van der Waals surface area contributed by atoms with Crippen LogP contribution >= 0.6 is 0 Å². The Morgan fingerprint density at radius 3 is 2.86 bits per heavy atom. The Labute approximate surface area is 83.5 Å². The molecule has 0 unspecified atom stereocenters. The Morgan fingerprint density at radius 2 is 2.29 bits per heavy atom. The van der Waals surface area contributed by atoms with Crippen LogP contribution in [0.4, 0.5) is 0 Å². The Morgan fingerprint density at radius 1 is 1.57 bits per heavy atom. The standard InChI is InChI=1S/C10H16N2O2/c1-12-8-9(7-11-12)6-10(13)2-4-14-5-3-10/h7-8,13H,2-6H2,1H3. The summed E-state index contributed by atoms with van der Waals surface area (Å²) in [6.45, 7) is 1.33. The lowest BCUT2D eigenvalue weighted by Gasteiger charge is -2.31. The Balaban J connectivity index is 2.01. The van der Waals surface area contributed by atoms with E-state index in [1.54, 1.807) is 4.68 Å². The topological polar surface area (TPSA) is 47.3 Å². The molecule has 0 aliphatic carbocycles. The molecule has 14 heavy (non-hydrogen) atoms. The average Bonchev–Trinajstić information content (AvgIpc) is 2.51. The number of aryl methyl sites for hydroxylation is 1. The summed E-state index contributed by atoms with van der Waals surface area (Å²) in [7, 11) is 1.89. The van der Waals surface area contributed by atoms with E-state index in [-0.39, 0.29) is 0 Å². The highest BCUT2D eigenvalue weighted by Crippen LogP contribution is 2.24. The number of ether oxygens (including phenoxy) is 1. The lowest BCUT2D eigenvalue weighted by Crippen LogP contribution is -2.38. The van der Waals surface area contributed by atoms with E-state index in [0.717, 1.165) is 18.4 Å². The maximum Gasteiger partial charge on any atom is 0.0732 e. The van der Waals surface area contributed by atoms with Crippen LogP contribution < -0.4 is 0 Å². The van der Waals surface area contributed by atoms with Crippen LogP contribution in [-0.2, 0) is 18.2 Å². The highest BCUT2D eigenvalue weighted by atomic mass is 16.5. The first-order valence-electron chi connectivity index (χ1n) is 4.96. The molecule has 0 spiro atoms. The monoisotopic (exact) mass is 196 g/mol. The van der Waals surface area contributed by atoms with Gasteiger partial charge in [0, 0.05) is 32.9 Å². The van der Waals surface area contributed by atoms with E-state index in [1.807, 2.05) is 19.4 Å². The Kier molecular flexibility index (Phi) is 2.56. The second-order valence-electron chi connectivity index (χ2n) is 4.04. The normalized spacial score (nSPS) is 21.0. The average molecular weight is 196 g/mol. The van der Waals surface area contributed by atoms with Crippen molar-refractivity contribution < 1.29 is 9.84 Å². The SMILES string of the molecule is Cn1cc(CC2(O)CCOCC2)cn1. The van der Waals surface area contributed by atoms with Gasteiger partial charge in [-0.15, -0.1) is 0 Å². The van der Waals surface area contributed by atoms with E-state index in [2.05, 4.69) is 5.10 Å². The molecule has 2 rings (SSSR count). The fourth-order valence-electron chi connectivity index (χ4n) is 1.87. The molecule has 1 aliphatic heterocycles. The molecule has 0 saturated carbocycles. The number of hydrogen-bond donors (Lipinski definition) is 1. The van der Waals surface area contributed by atoms with Crippen LogP contribution in [0.15, 0.2) is 12.4 Å². The summed E-state index contributed by atoms with van der Waals surface area (Å²) in [5.74, 6) is 0. The van der Waals surface area contributed by atoms with Gasteiger partial charge in [-0.05, 0) is 18.4 Å². The summed E-state index contributed by atoms with van der Waals surface area (Å²) in [5, 5.41) is 14.3. The zero-order valence-corrected chi connectivity index (χ0v) is 8.44. The zero-order chi connectivity index (χ0) is 10.0. The van der Waals surface area contributed by atoms with E-state index in [1.165, 1.54) is 0 Å². The van der Waals surface area contributed by atoms with Gasteiger partial charge in [0.15, 0.2) is 0 Å². The van der Waals surface area contributed by atoms with Gasteiger partial charge in [0.2, 0.25) is 0 Å². The molecular weight excluding hydrogens is 180 g/mol. The Bertz CT molecular complexity index is 303. The number of aliphatic hydroxyl groups is 1. The minimum absolute atomic E-state index is 0.582. The van der Waals surface area contributed by atoms with E-state index >= 15 is 0 Å². The van der Waals surface area contributed by atoms with Crippen molar-refractivity contribution in [3.63, 3.8) is 0 Å². The lowest BCUT2D eigenvalue weighted by atomic mass is 9.88. The van der Waals surface area contributed by atoms with E-state index in [9.17, 15) is 5.11 Å². The molecular formula is C10H16N2O2. The third-order valence-corrected chi connectivity index (χ3v) is 2.72. The van der Waals surface area contributed by atoms with Gasteiger partial charge in [0.1, 0.15) is 0 Å². The van der Waals surface area contributed by atoms with Crippen molar-refractivity contribution in [3.8, 4) is 0 Å². The molecule has 1 fully saturated rings. The number of aromatic nitrogens is 2. The van der Waals surface area contributed by atoms with Crippen molar-refractivity contribution in [3.05, 3.63) is 18.0 Å². The van der Waals surface area contributed by atoms with Crippen LogP contribution in [0.25, 0.3) is 0 Å². The molecule has 4 nitrogen and oxygen atoms in total. The van der Waals surface area contributed by atoms with Crippen LogP contribution in [0.2, 0.25) is 0 Å². The van der Waals surface area contributed by atoms with Crippen molar-refractivity contribution in [2.45, 2.75) is 24.9 Å². The molecule has 0 aromatic carbocycles. The van der Waals surface area contributed by atoms with Gasteiger partial charge in [0.25, 0.3) is 0 Å². The molecule has 78 valence electrons. The largest absolute Gasteiger partial charge is 0.389 e. The fraction of sp³-hybridized carbons (Fsp3) is 0.700. The minimum Gasteiger partial charge on any atom is -0.389 e. The summed E-state index contributed by atoms with van der Waals surface area (Å²) in [6.07, 6.45) is 5.90. The van der Waals surface area contributed by atoms with E-state index in [4.69, 9.17) is 4.74 Å². The molecule has 1 aromatic rings. The molecule has 2 heterocycles. The highest BCUT2D eigenvalue weighted by Gasteiger charge is 2.30. The second kappa shape index (κ2) is 3.71. The molecule has 0 bridgehead atoms. The van der Waals surface area contributed by atoms with Gasteiger partial charge < -0.3 is 9.84 Å². The minimum atomic E-state index is -0.582. The maximum atomic E-state index is 10.2. The lowest BCUT2D eigenvalue weighted by molar-refractivity contribution is -0.0625. The predicted molar refractivity (Wildman–Crippen MR) is 51.9 cm³/mol. The second-order valence-corrected chi connectivity index (χ2v) is 4.04. The summed E-state index contributed by atoms with van der Waals surface area (Å²) >= 11 is 0. The quantitative estimate of drug-likeness (QED) is 0.749. The van der Waals surface area contributed by atoms with Crippen LogP contribution in [0.5, 0.6) is 0 Å². The number of hydrogen-bond acceptors (Lipinski definition) is 3. The molecule has 0 amide bonds. The Hall–Kier alpha value is -0.870. The van der Waals surface area contributed by atoms with E-state index < -0.39 is 5.60 Å². The van der Waals surface area contributed by atoms with E-state index in [0.29, 0.717) is 19.6 Å². The summed E-state index contributed by atoms with van der Waals surface area (Å²) < 4.78 is 6.99. The smallest absolute Gasteiger partial charge is 0.0732 e. The van der Waals surface area contributed by atoms with Gasteiger partial charge in [-0.3, -0.25) is 4.68 Å². The molecule has 1 aliphatic rings. The number of rotatable bonds is 2. The maximum absolute atomic E-state index is 10.2. The fourth-order valence-corrected chi connectivity index (χ4v) is 1.87. The van der Waals surface area contributed by atoms with Gasteiger partial charge >= 0.3 is 0 Å². The summed E-state index contributed by atoms with van der Waals surface area (Å²) in [4.78, 5) is 0. The van der Waals surface area contributed by atoms with Gasteiger partial charge in [-0.2, -0.15) is 5.10 Å². The van der Waals surface area contributed by atoms with Crippen molar-refractivity contribution in [1.29, 1.82) is 0 Å². The molecule has 0 radical (unpaired) electrons. The first-order chi connectivity index (χ1) is 6.68. The van der Waals surface area contributed by atoms with Crippen LogP contribution in [0.1, 0.15) is 18.4 Å². The molecule has 1 saturated heterocycles. The third kappa shape index (κ3) is 2.13. The predicted octanol–water partition coefficient (Wildman–Crippen LogP) is 0.504. The van der Waals surface area contributed by atoms with Crippen LogP contribution in [0, 0.1) is 0 Å². The van der Waals surface area contributed by atoms with Crippen LogP contribution in [-0.4, -0.2) is 33.7 Å². The first-order valence-corrected chi connectivity index (χ1v) is 4.96. The zero-order valence-electron chi connectivity index (χ0n) is 8.44. The third-order valence-electron chi connectivity index (χ3n) is 2.72. The van der Waals surface area contributed by atoms with Gasteiger partial charge in [-0.25, -0.2) is 0 Å². The highest BCUT2D eigenvalue weighted by molar-refractivity contribution is 5.08. The molecule has 0 atom stereocenters. The summed E-state index contributed by atoms with van der Waals surface area (Å²) in [6, 6.07) is 0. The van der Waals surface area contributed by atoms with Crippen molar-refractivity contribution in [2.75, 3.05) is 13.2 Å². The number of nitrogens with zero attached hydrogens (tertiary/aromatic N) is 2. The van der Waals surface area contributed by atoms with Crippen molar-refractivity contribution in [2.24, 2.45) is 7.05 Å². The van der Waals surface area contributed by atoms with Crippen LogP contribution in [0.3, 0.4) is 0 Å². The first kappa shape index (κ1) is 9.68. The molecule has 1 aromatic heterocycles. The van der Waals surface area contributed by atoms with Gasteiger partial charge in [0.05, 0.1) is 11.8 Å². The molecule has 1 N–H and O–H groups in total. The van der Waals surface area contributed by atoms with Crippen molar-refractivity contribution in [1.82, 2.24) is 9.78 Å². The molecule has 4 heteroatoms. The van der Waals surface area contributed by atoms with Gasteiger partial charge in [-0.1, -0.05) is 0 Å².